The van der Waals surface area contributed by atoms with Crippen molar-refractivity contribution in [2.75, 3.05) is 5.75 Å². The summed E-state index contributed by atoms with van der Waals surface area (Å²) in [4.78, 5) is 17.0. The maximum absolute atomic E-state index is 12.4. The lowest BCUT2D eigenvalue weighted by Crippen LogP contribution is -2.15. The van der Waals surface area contributed by atoms with Gasteiger partial charge in [0.25, 0.3) is 5.56 Å². The van der Waals surface area contributed by atoms with Crippen LogP contribution in [0.4, 0.5) is 0 Å². The molecule has 0 bridgehead atoms. The molecule has 1 aliphatic rings. The van der Waals surface area contributed by atoms with E-state index in [0.29, 0.717) is 39.4 Å². The number of rotatable bonds is 5. The number of nitrogens with zero attached hydrogens (tertiary/aromatic N) is 2. The summed E-state index contributed by atoms with van der Waals surface area (Å²) in [6.45, 7) is 1.64. The average Bonchev–Trinajstić information content (AvgIpc) is 3.25. The second kappa shape index (κ2) is 6.32. The van der Waals surface area contributed by atoms with E-state index in [9.17, 15) is 13.2 Å². The SMILES string of the molecule is CCS(=O)(=O)Cc1cc(-c2cn(C)c(=O)c3occc23)c2oc(C3CC3)nc2c1. The molecule has 1 aromatic carbocycles. The van der Waals surface area contributed by atoms with Crippen LogP contribution in [0.25, 0.3) is 33.2 Å². The van der Waals surface area contributed by atoms with Crippen molar-refractivity contribution in [1.82, 2.24) is 9.55 Å². The third-order valence-electron chi connectivity index (χ3n) is 5.40. The minimum Gasteiger partial charge on any atom is -0.458 e. The Morgan fingerprint density at radius 3 is 2.72 bits per heavy atom. The van der Waals surface area contributed by atoms with Crippen molar-refractivity contribution in [3.05, 3.63) is 52.5 Å². The maximum Gasteiger partial charge on any atom is 0.293 e. The molecule has 0 unspecified atom stereocenters. The summed E-state index contributed by atoms with van der Waals surface area (Å²) in [5.74, 6) is 1.01. The van der Waals surface area contributed by atoms with Crippen LogP contribution in [0, 0.1) is 0 Å². The van der Waals surface area contributed by atoms with Gasteiger partial charge in [-0.15, -0.1) is 0 Å². The Labute approximate surface area is 166 Å². The number of benzene rings is 1. The van der Waals surface area contributed by atoms with Gasteiger partial charge in [0.1, 0.15) is 5.52 Å². The number of hydrogen-bond acceptors (Lipinski definition) is 6. The minimum absolute atomic E-state index is 0.0678. The van der Waals surface area contributed by atoms with E-state index in [1.54, 1.807) is 32.3 Å². The van der Waals surface area contributed by atoms with Crippen molar-refractivity contribution in [1.29, 1.82) is 0 Å². The first kappa shape index (κ1) is 18.2. The Balaban J connectivity index is 1.81. The fraction of sp³-hybridized carbons (Fsp3) is 0.333. The van der Waals surface area contributed by atoms with Crippen LogP contribution in [0.2, 0.25) is 0 Å². The predicted molar refractivity (Wildman–Crippen MR) is 110 cm³/mol. The van der Waals surface area contributed by atoms with E-state index in [4.69, 9.17) is 8.83 Å². The molecule has 150 valence electrons. The Morgan fingerprint density at radius 2 is 2.00 bits per heavy atom. The molecule has 7 nitrogen and oxygen atoms in total. The first-order valence-electron chi connectivity index (χ1n) is 9.57. The highest BCUT2D eigenvalue weighted by Crippen LogP contribution is 2.43. The lowest BCUT2D eigenvalue weighted by Gasteiger charge is -2.09. The second-order valence-electron chi connectivity index (χ2n) is 7.62. The molecular weight excluding hydrogens is 392 g/mol. The molecular formula is C21H20N2O5S. The fourth-order valence-corrected chi connectivity index (χ4v) is 4.51. The van der Waals surface area contributed by atoms with Gasteiger partial charge in [0, 0.05) is 41.4 Å². The minimum atomic E-state index is -3.22. The van der Waals surface area contributed by atoms with E-state index in [1.165, 1.54) is 10.8 Å². The number of hydrogen-bond donors (Lipinski definition) is 0. The van der Waals surface area contributed by atoms with Gasteiger partial charge < -0.3 is 13.4 Å². The Morgan fingerprint density at radius 1 is 1.21 bits per heavy atom. The molecule has 0 saturated heterocycles. The van der Waals surface area contributed by atoms with Crippen LogP contribution in [0.5, 0.6) is 0 Å². The van der Waals surface area contributed by atoms with Crippen LogP contribution in [-0.4, -0.2) is 23.7 Å². The van der Waals surface area contributed by atoms with Gasteiger partial charge in [-0.3, -0.25) is 4.79 Å². The number of oxazole rings is 1. The zero-order chi connectivity index (χ0) is 20.3. The first-order valence-corrected chi connectivity index (χ1v) is 11.4. The van der Waals surface area contributed by atoms with E-state index in [2.05, 4.69) is 4.98 Å². The van der Waals surface area contributed by atoms with E-state index >= 15 is 0 Å². The van der Waals surface area contributed by atoms with Crippen molar-refractivity contribution in [3.63, 3.8) is 0 Å². The molecule has 1 saturated carbocycles. The number of aromatic nitrogens is 2. The van der Waals surface area contributed by atoms with Crippen LogP contribution >= 0.6 is 0 Å². The number of sulfone groups is 1. The summed E-state index contributed by atoms with van der Waals surface area (Å²) in [5, 5.41) is 0.661. The fourth-order valence-electron chi connectivity index (χ4n) is 3.64. The summed E-state index contributed by atoms with van der Waals surface area (Å²) in [7, 11) is -1.56. The molecule has 4 aromatic rings. The molecule has 1 aliphatic carbocycles. The summed E-state index contributed by atoms with van der Waals surface area (Å²) in [5.41, 5.74) is 3.37. The first-order chi connectivity index (χ1) is 13.9. The highest BCUT2D eigenvalue weighted by atomic mass is 32.2. The number of pyridine rings is 1. The van der Waals surface area contributed by atoms with Gasteiger partial charge in [0.05, 0.1) is 12.0 Å². The molecule has 3 aromatic heterocycles. The van der Waals surface area contributed by atoms with Gasteiger partial charge in [-0.1, -0.05) is 6.92 Å². The van der Waals surface area contributed by atoms with Crippen LogP contribution in [0.1, 0.15) is 37.1 Å². The van der Waals surface area contributed by atoms with Gasteiger partial charge >= 0.3 is 0 Å². The third kappa shape index (κ3) is 3.07. The van der Waals surface area contributed by atoms with Gasteiger partial charge in [0.15, 0.2) is 26.9 Å². The molecule has 1 fully saturated rings. The molecule has 0 atom stereocenters. The predicted octanol–water partition coefficient (Wildman–Crippen LogP) is 3.75. The zero-order valence-corrected chi connectivity index (χ0v) is 17.0. The molecule has 29 heavy (non-hydrogen) atoms. The molecule has 0 amide bonds. The van der Waals surface area contributed by atoms with Crippen LogP contribution < -0.4 is 5.56 Å². The second-order valence-corrected chi connectivity index (χ2v) is 9.97. The number of aryl methyl sites for hydroxylation is 1. The largest absolute Gasteiger partial charge is 0.458 e. The molecule has 0 radical (unpaired) electrons. The lowest BCUT2D eigenvalue weighted by atomic mass is 10.0. The average molecular weight is 412 g/mol. The molecule has 0 spiro atoms. The molecule has 0 N–H and O–H groups in total. The Hall–Kier alpha value is -2.87. The van der Waals surface area contributed by atoms with Gasteiger partial charge in [-0.05, 0) is 36.6 Å². The van der Waals surface area contributed by atoms with Crippen molar-refractivity contribution < 1.29 is 17.3 Å². The summed E-state index contributed by atoms with van der Waals surface area (Å²) < 4.78 is 37.5. The summed E-state index contributed by atoms with van der Waals surface area (Å²) in [6, 6.07) is 5.35. The van der Waals surface area contributed by atoms with Crippen molar-refractivity contribution >= 4 is 31.9 Å². The van der Waals surface area contributed by atoms with Gasteiger partial charge in [0.2, 0.25) is 0 Å². The van der Waals surface area contributed by atoms with Crippen LogP contribution in [-0.2, 0) is 22.6 Å². The summed E-state index contributed by atoms with van der Waals surface area (Å²) in [6.07, 6.45) is 5.30. The third-order valence-corrected chi connectivity index (χ3v) is 7.06. The van der Waals surface area contributed by atoms with Crippen molar-refractivity contribution in [2.24, 2.45) is 7.05 Å². The monoisotopic (exact) mass is 412 g/mol. The molecule has 0 aliphatic heterocycles. The Kier molecular flexibility index (Phi) is 3.96. The highest BCUT2D eigenvalue weighted by Gasteiger charge is 2.30. The number of furan rings is 1. The topological polar surface area (TPSA) is 95.3 Å². The van der Waals surface area contributed by atoms with Gasteiger partial charge in [-0.25, -0.2) is 13.4 Å². The van der Waals surface area contributed by atoms with E-state index < -0.39 is 9.84 Å². The number of fused-ring (bicyclic) bond motifs is 2. The summed E-state index contributed by atoms with van der Waals surface area (Å²) >= 11 is 0. The van der Waals surface area contributed by atoms with Crippen LogP contribution in [0.3, 0.4) is 0 Å². The van der Waals surface area contributed by atoms with Gasteiger partial charge in [-0.2, -0.15) is 0 Å². The highest BCUT2D eigenvalue weighted by molar-refractivity contribution is 7.90. The molecule has 3 heterocycles. The van der Waals surface area contributed by atoms with E-state index in [-0.39, 0.29) is 22.6 Å². The standard InChI is InChI=1S/C21H20N2O5S/c1-3-29(25,26)11-12-8-15(18-17(9-12)22-20(28-18)13-4-5-13)16-10-23(2)21(24)19-14(16)6-7-27-19/h6-10,13H,3-5,11H2,1-2H3. The lowest BCUT2D eigenvalue weighted by molar-refractivity contribution is 0.534. The maximum atomic E-state index is 12.4. The van der Waals surface area contributed by atoms with E-state index in [0.717, 1.165) is 18.4 Å². The molecule has 5 rings (SSSR count). The quantitative estimate of drug-likeness (QED) is 0.495. The normalized spacial score (nSPS) is 14.8. The van der Waals surface area contributed by atoms with Crippen LogP contribution in [0.15, 0.2) is 44.3 Å². The smallest absolute Gasteiger partial charge is 0.293 e. The Bertz CT molecular complexity index is 1420. The molecule has 8 heteroatoms. The van der Waals surface area contributed by atoms with E-state index in [1.807, 2.05) is 6.07 Å². The zero-order valence-electron chi connectivity index (χ0n) is 16.1. The van der Waals surface area contributed by atoms with Crippen molar-refractivity contribution in [2.45, 2.75) is 31.4 Å². The van der Waals surface area contributed by atoms with Crippen molar-refractivity contribution in [3.8, 4) is 11.1 Å².